The van der Waals surface area contributed by atoms with Gasteiger partial charge in [0.1, 0.15) is 17.0 Å². The Hall–Kier alpha value is -1.79. The fourth-order valence-corrected chi connectivity index (χ4v) is 4.29. The Morgan fingerprint density at radius 2 is 2.00 bits per heavy atom. The fourth-order valence-electron chi connectivity index (χ4n) is 2.73. The van der Waals surface area contributed by atoms with Crippen molar-refractivity contribution in [3.8, 4) is 0 Å². The third-order valence-corrected chi connectivity index (χ3v) is 5.65. The Morgan fingerprint density at radius 1 is 1.24 bits per heavy atom. The fraction of sp³-hybridized carbons (Fsp3) is 0.278. The van der Waals surface area contributed by atoms with E-state index in [-0.39, 0.29) is 29.1 Å². The van der Waals surface area contributed by atoms with E-state index in [1.807, 2.05) is 37.2 Å². The Kier molecular flexibility index (Phi) is 5.20. The highest BCUT2D eigenvalue weighted by Crippen LogP contribution is 2.43. The van der Waals surface area contributed by atoms with Gasteiger partial charge >= 0.3 is 0 Å². The molecule has 0 spiro atoms. The molecule has 0 aliphatic carbocycles. The molecule has 1 atom stereocenters. The van der Waals surface area contributed by atoms with Gasteiger partial charge in [-0.15, -0.1) is 11.8 Å². The Labute approximate surface area is 154 Å². The van der Waals surface area contributed by atoms with Crippen LogP contribution in [0.3, 0.4) is 0 Å². The molecule has 1 saturated heterocycles. The second kappa shape index (κ2) is 7.22. The maximum Gasteiger partial charge on any atom is 0.234 e. The lowest BCUT2D eigenvalue weighted by molar-refractivity contribution is -0.128. The first-order valence-corrected chi connectivity index (χ1v) is 9.11. The number of amides is 1. The molecule has 0 N–H and O–H groups in total. The average Bonchev–Trinajstić information content (AvgIpc) is 2.91. The van der Waals surface area contributed by atoms with Crippen LogP contribution in [0.1, 0.15) is 16.5 Å². The van der Waals surface area contributed by atoms with E-state index in [2.05, 4.69) is 0 Å². The number of rotatable bonds is 4. The zero-order valence-corrected chi connectivity index (χ0v) is 15.4. The molecule has 1 unspecified atom stereocenters. The summed E-state index contributed by atoms with van der Waals surface area (Å²) in [5.41, 5.74) is 1.90. The maximum atomic E-state index is 14.0. The Morgan fingerprint density at radius 3 is 2.68 bits per heavy atom. The summed E-state index contributed by atoms with van der Waals surface area (Å²) < 4.78 is 27.4. The number of anilines is 1. The predicted octanol–water partition coefficient (Wildman–Crippen LogP) is 4.46. The van der Waals surface area contributed by atoms with Crippen molar-refractivity contribution >= 4 is 35.0 Å². The summed E-state index contributed by atoms with van der Waals surface area (Å²) in [6.45, 7) is 0.00581. The summed E-state index contributed by atoms with van der Waals surface area (Å²) in [5.74, 6) is -0.890. The lowest BCUT2D eigenvalue weighted by Gasteiger charge is -2.26. The van der Waals surface area contributed by atoms with Gasteiger partial charge in [0, 0.05) is 35.9 Å². The van der Waals surface area contributed by atoms with E-state index in [9.17, 15) is 13.6 Å². The quantitative estimate of drug-likeness (QED) is 0.780. The molecule has 2 aromatic rings. The van der Waals surface area contributed by atoms with Gasteiger partial charge < -0.3 is 9.80 Å². The summed E-state index contributed by atoms with van der Waals surface area (Å²) in [5, 5.41) is 0.224. The summed E-state index contributed by atoms with van der Waals surface area (Å²) >= 11 is 7.85. The van der Waals surface area contributed by atoms with Gasteiger partial charge in [0.2, 0.25) is 5.91 Å². The number of benzene rings is 2. The molecule has 3 nitrogen and oxygen atoms in total. The molecule has 0 bridgehead atoms. The second-order valence-corrected chi connectivity index (χ2v) is 7.50. The monoisotopic (exact) mass is 382 g/mol. The van der Waals surface area contributed by atoms with E-state index in [1.165, 1.54) is 11.8 Å². The van der Waals surface area contributed by atoms with E-state index in [4.69, 9.17) is 11.6 Å². The number of carbonyl (C=O) groups is 1. The molecule has 1 aliphatic rings. The Balaban J connectivity index is 1.91. The van der Waals surface area contributed by atoms with Crippen LogP contribution >= 0.6 is 23.4 Å². The molecule has 2 aromatic carbocycles. The first-order valence-electron chi connectivity index (χ1n) is 7.68. The number of thioether (sulfide) groups is 1. The molecule has 0 radical (unpaired) electrons. The highest BCUT2D eigenvalue weighted by atomic mass is 35.5. The number of carbonyl (C=O) groups excluding carboxylic acids is 1. The summed E-state index contributed by atoms with van der Waals surface area (Å²) in [6, 6.07) is 8.90. The van der Waals surface area contributed by atoms with Crippen molar-refractivity contribution in [2.45, 2.75) is 11.9 Å². The predicted molar refractivity (Wildman–Crippen MR) is 97.9 cm³/mol. The number of halogens is 3. The standard InChI is InChI=1S/C18H17ClF2N2OS/c1-22(2)13-4-5-14(15(19)8-13)18-23(17(24)10-25-18)9-11-7-12(20)3-6-16(11)21/h3-8,18H,9-10H2,1-2H3. The van der Waals surface area contributed by atoms with Crippen molar-refractivity contribution in [2.75, 3.05) is 24.7 Å². The normalized spacial score (nSPS) is 17.2. The molecule has 1 amide bonds. The van der Waals surface area contributed by atoms with Crippen LogP contribution in [0.25, 0.3) is 0 Å². The lowest BCUT2D eigenvalue weighted by Crippen LogP contribution is -2.28. The number of nitrogens with zero attached hydrogens (tertiary/aromatic N) is 2. The van der Waals surface area contributed by atoms with E-state index >= 15 is 0 Å². The van der Waals surface area contributed by atoms with Crippen LogP contribution in [-0.2, 0) is 11.3 Å². The van der Waals surface area contributed by atoms with Crippen molar-refractivity contribution < 1.29 is 13.6 Å². The lowest BCUT2D eigenvalue weighted by atomic mass is 10.1. The minimum absolute atomic E-state index is 0.00581. The summed E-state index contributed by atoms with van der Waals surface area (Å²) in [4.78, 5) is 15.8. The molecule has 0 aromatic heterocycles. The van der Waals surface area contributed by atoms with Crippen molar-refractivity contribution in [2.24, 2.45) is 0 Å². The zero-order valence-electron chi connectivity index (χ0n) is 13.8. The molecule has 1 fully saturated rings. The molecule has 132 valence electrons. The van der Waals surface area contributed by atoms with Crippen LogP contribution in [0, 0.1) is 11.6 Å². The highest BCUT2D eigenvalue weighted by molar-refractivity contribution is 8.00. The third kappa shape index (κ3) is 3.75. The van der Waals surface area contributed by atoms with Crippen LogP contribution in [0.5, 0.6) is 0 Å². The third-order valence-electron chi connectivity index (χ3n) is 4.08. The van der Waals surface area contributed by atoms with Crippen molar-refractivity contribution in [3.05, 3.63) is 64.2 Å². The second-order valence-electron chi connectivity index (χ2n) is 6.02. The maximum absolute atomic E-state index is 14.0. The van der Waals surface area contributed by atoms with Gasteiger partial charge in [-0.1, -0.05) is 17.7 Å². The summed E-state index contributed by atoms with van der Waals surface area (Å²) in [6.07, 6.45) is 0. The van der Waals surface area contributed by atoms with Gasteiger partial charge in [-0.25, -0.2) is 8.78 Å². The largest absolute Gasteiger partial charge is 0.378 e. The molecule has 7 heteroatoms. The van der Waals surface area contributed by atoms with Crippen molar-refractivity contribution in [3.63, 3.8) is 0 Å². The van der Waals surface area contributed by atoms with Crippen LogP contribution < -0.4 is 4.90 Å². The minimum Gasteiger partial charge on any atom is -0.378 e. The molecule has 0 saturated carbocycles. The first-order chi connectivity index (χ1) is 11.9. The van der Waals surface area contributed by atoms with Gasteiger partial charge in [-0.05, 0) is 30.3 Å². The minimum atomic E-state index is -0.529. The smallest absolute Gasteiger partial charge is 0.234 e. The van der Waals surface area contributed by atoms with Crippen LogP contribution in [0.4, 0.5) is 14.5 Å². The highest BCUT2D eigenvalue weighted by Gasteiger charge is 2.34. The molecule has 3 rings (SSSR count). The van der Waals surface area contributed by atoms with Gasteiger partial charge in [0.25, 0.3) is 0 Å². The molecular weight excluding hydrogens is 366 g/mol. The molecule has 1 heterocycles. The molecular formula is C18H17ClF2N2OS. The van der Waals surface area contributed by atoms with Gasteiger partial charge in [-0.2, -0.15) is 0 Å². The first kappa shape index (κ1) is 18.0. The van der Waals surface area contributed by atoms with E-state index in [1.54, 1.807) is 4.90 Å². The van der Waals surface area contributed by atoms with Gasteiger partial charge in [0.15, 0.2) is 0 Å². The van der Waals surface area contributed by atoms with Crippen molar-refractivity contribution in [1.82, 2.24) is 4.90 Å². The average molecular weight is 383 g/mol. The van der Waals surface area contributed by atoms with Crippen LogP contribution in [0.15, 0.2) is 36.4 Å². The number of hydrogen-bond acceptors (Lipinski definition) is 3. The SMILES string of the molecule is CN(C)c1ccc(C2SCC(=O)N2Cc2cc(F)ccc2F)c(Cl)c1. The van der Waals surface area contributed by atoms with Gasteiger partial charge in [-0.3, -0.25) is 4.79 Å². The van der Waals surface area contributed by atoms with E-state index in [0.717, 1.165) is 29.4 Å². The van der Waals surface area contributed by atoms with Crippen LogP contribution in [-0.4, -0.2) is 30.7 Å². The topological polar surface area (TPSA) is 23.6 Å². The zero-order chi connectivity index (χ0) is 18.1. The van der Waals surface area contributed by atoms with E-state index < -0.39 is 11.6 Å². The van der Waals surface area contributed by atoms with E-state index in [0.29, 0.717) is 5.02 Å². The molecule has 25 heavy (non-hydrogen) atoms. The Bertz CT molecular complexity index is 816. The number of hydrogen-bond donors (Lipinski definition) is 0. The summed E-state index contributed by atoms with van der Waals surface area (Å²) in [7, 11) is 3.83. The van der Waals surface area contributed by atoms with Crippen LogP contribution in [0.2, 0.25) is 5.02 Å². The van der Waals surface area contributed by atoms with Gasteiger partial charge in [0.05, 0.1) is 12.3 Å². The molecule has 1 aliphatic heterocycles. The van der Waals surface area contributed by atoms with Crippen molar-refractivity contribution in [1.29, 1.82) is 0 Å².